The van der Waals surface area contributed by atoms with Crippen molar-refractivity contribution in [3.05, 3.63) is 69.5 Å². The molecule has 8 heteroatoms. The monoisotopic (exact) mass is 450 g/mol. The number of hydrogen-bond donors (Lipinski definition) is 1. The normalized spacial score (nSPS) is 17.3. The molecule has 0 aromatic heterocycles. The molecule has 1 saturated heterocycles. The Morgan fingerprint density at radius 2 is 1.87 bits per heavy atom. The van der Waals surface area contributed by atoms with E-state index in [0.29, 0.717) is 35.0 Å². The molecule has 2 amide bonds. The molecule has 0 spiro atoms. The Morgan fingerprint density at radius 3 is 2.53 bits per heavy atom. The predicted octanol–water partition coefficient (Wildman–Crippen LogP) is 3.97. The van der Waals surface area contributed by atoms with Crippen LogP contribution in [0, 0.1) is 11.7 Å². The number of likely N-dealkylation sites (tertiary alicyclic amines) is 1. The number of amides is 2. The zero-order valence-corrected chi connectivity index (χ0v) is 17.8. The summed E-state index contributed by atoms with van der Waals surface area (Å²) < 4.78 is 13.1. The number of carbonyl (C=O) groups excluding carboxylic acids is 3. The number of halogens is 3. The first-order chi connectivity index (χ1) is 14.3. The fraction of sp³-hybridized carbons (Fsp3) is 0.318. The van der Waals surface area contributed by atoms with Crippen LogP contribution in [0.3, 0.4) is 0 Å². The van der Waals surface area contributed by atoms with Crippen LogP contribution >= 0.6 is 23.2 Å². The topological polar surface area (TPSA) is 66.5 Å². The number of carbonyl (C=O) groups is 3. The van der Waals surface area contributed by atoms with Crippen LogP contribution in [0.1, 0.15) is 30.5 Å². The van der Waals surface area contributed by atoms with Gasteiger partial charge in [0, 0.05) is 13.1 Å². The molecule has 1 unspecified atom stereocenters. The lowest BCUT2D eigenvalue weighted by Crippen LogP contribution is -2.36. The summed E-state index contributed by atoms with van der Waals surface area (Å²) in [5.41, 5.74) is 1.69. The fourth-order valence-electron chi connectivity index (χ4n) is 3.43. The first-order valence-electron chi connectivity index (χ1n) is 9.60. The zero-order valence-electron chi connectivity index (χ0n) is 16.3. The van der Waals surface area contributed by atoms with Gasteiger partial charge in [-0.2, -0.15) is 0 Å². The molecule has 1 N–H and O–H groups in total. The average Bonchev–Trinajstić information content (AvgIpc) is 3.03. The maximum absolute atomic E-state index is 13.1. The van der Waals surface area contributed by atoms with Crippen molar-refractivity contribution in [3.63, 3.8) is 0 Å². The summed E-state index contributed by atoms with van der Waals surface area (Å²) in [5, 5.41) is 3.69. The van der Waals surface area contributed by atoms with E-state index in [-0.39, 0.29) is 12.4 Å². The van der Waals surface area contributed by atoms with E-state index in [1.165, 1.54) is 17.0 Å². The molecule has 1 aliphatic heterocycles. The van der Waals surface area contributed by atoms with E-state index in [0.717, 1.165) is 5.56 Å². The second kappa shape index (κ2) is 9.58. The lowest BCUT2D eigenvalue weighted by atomic mass is 10.1. The minimum Gasteiger partial charge on any atom is -0.355 e. The molecule has 0 aliphatic carbocycles. The number of nitrogens with zero attached hydrogens (tertiary/aromatic N) is 1. The van der Waals surface area contributed by atoms with Crippen molar-refractivity contribution in [1.82, 2.24) is 10.2 Å². The predicted molar refractivity (Wildman–Crippen MR) is 113 cm³/mol. The molecule has 3 rings (SSSR count). The van der Waals surface area contributed by atoms with Gasteiger partial charge in [0.1, 0.15) is 11.7 Å². The Hall–Kier alpha value is -2.44. The molecule has 30 heavy (non-hydrogen) atoms. The van der Waals surface area contributed by atoms with Crippen molar-refractivity contribution < 1.29 is 18.8 Å². The Balaban J connectivity index is 1.53. The van der Waals surface area contributed by atoms with Crippen molar-refractivity contribution in [2.75, 3.05) is 13.1 Å². The summed E-state index contributed by atoms with van der Waals surface area (Å²) >= 11 is 11.9. The van der Waals surface area contributed by atoms with E-state index in [9.17, 15) is 18.8 Å². The third-order valence-corrected chi connectivity index (χ3v) is 5.97. The minimum absolute atomic E-state index is 0.00877. The van der Waals surface area contributed by atoms with Gasteiger partial charge in [-0.25, -0.2) is 4.39 Å². The second-order valence-corrected chi connectivity index (χ2v) is 8.06. The van der Waals surface area contributed by atoms with Crippen LogP contribution in [0.25, 0.3) is 0 Å². The molecule has 2 aromatic rings. The third kappa shape index (κ3) is 4.99. The molecule has 5 nitrogen and oxygen atoms in total. The summed E-state index contributed by atoms with van der Waals surface area (Å²) in [6.45, 7) is 2.12. The first-order valence-corrected chi connectivity index (χ1v) is 10.4. The summed E-state index contributed by atoms with van der Waals surface area (Å²) in [6.07, 6.45) is 1.33. The van der Waals surface area contributed by atoms with E-state index in [1.807, 2.05) is 6.07 Å². The molecule has 0 saturated carbocycles. The van der Waals surface area contributed by atoms with Gasteiger partial charge in [-0.3, -0.25) is 14.4 Å². The van der Waals surface area contributed by atoms with Crippen LogP contribution in [0.2, 0.25) is 10.0 Å². The first kappa shape index (κ1) is 22.2. The Bertz CT molecular complexity index is 965. The van der Waals surface area contributed by atoms with Gasteiger partial charge >= 0.3 is 0 Å². The molecule has 0 radical (unpaired) electrons. The Morgan fingerprint density at radius 1 is 1.17 bits per heavy atom. The number of ketones is 1. The molecule has 0 bridgehead atoms. The largest absolute Gasteiger partial charge is 0.355 e. The molecule has 158 valence electrons. The Kier molecular flexibility index (Phi) is 7.10. The van der Waals surface area contributed by atoms with Gasteiger partial charge in [0.15, 0.2) is 0 Å². The Labute approximate surface area is 184 Å². The van der Waals surface area contributed by atoms with Gasteiger partial charge in [-0.05, 0) is 55.2 Å². The number of aryl methyl sites for hydroxylation is 1. The molecule has 1 heterocycles. The van der Waals surface area contributed by atoms with Crippen molar-refractivity contribution in [2.45, 2.75) is 25.8 Å². The van der Waals surface area contributed by atoms with E-state index in [2.05, 4.69) is 5.32 Å². The number of hydrogen-bond acceptors (Lipinski definition) is 3. The molecule has 1 fully saturated rings. The van der Waals surface area contributed by atoms with Crippen LogP contribution in [-0.4, -0.2) is 35.6 Å². The SMILES string of the molecule is C[C@H](c1ccc(F)cc1)N1CC(C(=O)NCCCc2ccc(Cl)c(Cl)c2)C(=O)C1=O. The van der Waals surface area contributed by atoms with Crippen molar-refractivity contribution in [1.29, 1.82) is 0 Å². The average molecular weight is 451 g/mol. The van der Waals surface area contributed by atoms with Crippen LogP contribution in [0.5, 0.6) is 0 Å². The summed E-state index contributed by atoms with van der Waals surface area (Å²) in [6, 6.07) is 10.6. The summed E-state index contributed by atoms with van der Waals surface area (Å²) in [4.78, 5) is 38.5. The fourth-order valence-corrected chi connectivity index (χ4v) is 3.75. The molecule has 2 aromatic carbocycles. The van der Waals surface area contributed by atoms with E-state index < -0.39 is 29.6 Å². The number of nitrogens with one attached hydrogen (secondary N) is 1. The van der Waals surface area contributed by atoms with Gasteiger partial charge in [0.05, 0.1) is 16.1 Å². The molecule has 1 aliphatic rings. The van der Waals surface area contributed by atoms with Crippen molar-refractivity contribution in [2.24, 2.45) is 5.92 Å². The van der Waals surface area contributed by atoms with Gasteiger partial charge in [0.2, 0.25) is 11.7 Å². The standard InChI is InChI=1S/C22H21Cl2FN2O3/c1-13(15-5-7-16(25)8-6-15)27-12-17(20(28)22(27)30)21(29)26-10-2-3-14-4-9-18(23)19(24)11-14/h4-9,11,13,17H,2-3,10,12H2,1H3,(H,26,29)/t13-,17?/m1/s1. The van der Waals surface area contributed by atoms with Crippen LogP contribution in [-0.2, 0) is 20.8 Å². The highest BCUT2D eigenvalue weighted by atomic mass is 35.5. The second-order valence-electron chi connectivity index (χ2n) is 7.24. The van der Waals surface area contributed by atoms with E-state index in [1.54, 1.807) is 31.2 Å². The van der Waals surface area contributed by atoms with Crippen molar-refractivity contribution in [3.8, 4) is 0 Å². The lowest BCUT2D eigenvalue weighted by molar-refractivity contribution is -0.143. The zero-order chi connectivity index (χ0) is 21.8. The van der Waals surface area contributed by atoms with Gasteiger partial charge in [-0.15, -0.1) is 0 Å². The van der Waals surface area contributed by atoms with Gasteiger partial charge in [0.25, 0.3) is 5.91 Å². The maximum atomic E-state index is 13.1. The van der Waals surface area contributed by atoms with Gasteiger partial charge in [-0.1, -0.05) is 41.4 Å². The highest BCUT2D eigenvalue weighted by Gasteiger charge is 2.44. The van der Waals surface area contributed by atoms with Crippen molar-refractivity contribution >= 4 is 40.8 Å². The molecular formula is C22H21Cl2FN2O3. The number of Topliss-reactive ketones (excluding diaryl/α,β-unsaturated/α-hetero) is 1. The highest BCUT2D eigenvalue weighted by molar-refractivity contribution is 6.42. The maximum Gasteiger partial charge on any atom is 0.291 e. The highest BCUT2D eigenvalue weighted by Crippen LogP contribution is 2.27. The smallest absolute Gasteiger partial charge is 0.291 e. The summed E-state index contributed by atoms with van der Waals surface area (Å²) in [5.74, 6) is -3.29. The van der Waals surface area contributed by atoms with Crippen LogP contribution in [0.4, 0.5) is 4.39 Å². The quantitative estimate of drug-likeness (QED) is 0.394. The molecule has 2 atom stereocenters. The minimum atomic E-state index is -1.04. The number of benzene rings is 2. The van der Waals surface area contributed by atoms with Crippen LogP contribution < -0.4 is 5.32 Å². The number of rotatable bonds is 7. The van der Waals surface area contributed by atoms with Crippen LogP contribution in [0.15, 0.2) is 42.5 Å². The van der Waals surface area contributed by atoms with E-state index in [4.69, 9.17) is 23.2 Å². The summed E-state index contributed by atoms with van der Waals surface area (Å²) in [7, 11) is 0. The van der Waals surface area contributed by atoms with E-state index >= 15 is 0 Å². The molecular weight excluding hydrogens is 430 g/mol. The lowest BCUT2D eigenvalue weighted by Gasteiger charge is -2.24. The van der Waals surface area contributed by atoms with Gasteiger partial charge < -0.3 is 10.2 Å². The third-order valence-electron chi connectivity index (χ3n) is 5.23.